The van der Waals surface area contributed by atoms with E-state index >= 15 is 0 Å². The quantitative estimate of drug-likeness (QED) is 0.706. The highest BCUT2D eigenvalue weighted by Gasteiger charge is 1.97. The van der Waals surface area contributed by atoms with Crippen LogP contribution in [-0.4, -0.2) is 11.5 Å². The first-order valence-corrected chi connectivity index (χ1v) is 4.11. The molecular weight excluding hydrogens is 148 g/mol. The predicted octanol–water partition coefficient (Wildman–Crippen LogP) is 1.67. The van der Waals surface area contributed by atoms with Crippen molar-refractivity contribution >= 4 is 10.9 Å². The molecule has 0 fully saturated rings. The summed E-state index contributed by atoms with van der Waals surface area (Å²) in [6, 6.07) is 10.3. The van der Waals surface area contributed by atoms with Crippen molar-refractivity contribution in [3.8, 4) is 0 Å². The molecule has 12 heavy (non-hydrogen) atoms. The van der Waals surface area contributed by atoms with Gasteiger partial charge in [-0.3, -0.25) is 0 Å². The van der Waals surface area contributed by atoms with Crippen molar-refractivity contribution in [3.63, 3.8) is 0 Å². The molecule has 0 aliphatic carbocycles. The average molecular weight is 161 g/mol. The second-order valence-corrected chi connectivity index (χ2v) is 2.88. The number of hydrogen-bond donors (Lipinski definition) is 2. The van der Waals surface area contributed by atoms with Gasteiger partial charge in [0.25, 0.3) is 0 Å². The van der Waals surface area contributed by atoms with Crippen LogP contribution < -0.4 is 5.73 Å². The molecule has 0 aliphatic rings. The number of H-pyrrole nitrogens is 1. The molecule has 0 spiro atoms. The number of hydrogen-bond acceptors (Lipinski definition) is 1. The van der Waals surface area contributed by atoms with Crippen LogP contribution in [0, 0.1) is 0 Å². The standard InChI is InChI=1S/C10H12N2/c11-6-5-9-7-8-3-1-2-4-10(8)12-9/h1-4,7,12H,5-6,11H2/i/hD. The summed E-state index contributed by atoms with van der Waals surface area (Å²) in [5, 5.41) is 1.24. The Kier molecular flexibility index (Phi) is 1.56. The van der Waals surface area contributed by atoms with E-state index in [0.717, 1.165) is 6.42 Å². The lowest BCUT2D eigenvalue weighted by atomic mass is 10.2. The largest absolute Gasteiger partial charge is 0.358 e. The molecule has 1 aromatic heterocycles. The summed E-state index contributed by atoms with van der Waals surface area (Å²) in [6.07, 6.45) is 0.873. The minimum atomic E-state index is 0.687. The number of para-hydroxylation sites is 1. The molecule has 0 saturated carbocycles. The normalized spacial score (nSPS) is 11.8. The van der Waals surface area contributed by atoms with E-state index in [4.69, 9.17) is 1.41 Å². The number of nitrogens with two attached hydrogens (primary N) is 1. The Bertz CT molecular complexity index is 361. The third kappa shape index (κ3) is 1.21. The monoisotopic (exact) mass is 161 g/mol. The number of fused-ring (bicyclic) bond motifs is 1. The summed E-state index contributed by atoms with van der Waals surface area (Å²) >= 11 is 0. The van der Waals surface area contributed by atoms with Crippen molar-refractivity contribution in [1.29, 1.82) is 0 Å². The minimum Gasteiger partial charge on any atom is -0.358 e. The summed E-state index contributed by atoms with van der Waals surface area (Å²) in [5.41, 5.74) is 4.74. The lowest BCUT2D eigenvalue weighted by molar-refractivity contribution is 0.940. The molecular formula is C10H12N2. The molecule has 62 valence electrons. The second kappa shape index (κ2) is 2.99. The van der Waals surface area contributed by atoms with Gasteiger partial charge in [0.1, 0.15) is 1.41 Å². The third-order valence-corrected chi connectivity index (χ3v) is 1.98. The number of benzene rings is 1. The van der Waals surface area contributed by atoms with Crippen molar-refractivity contribution in [2.24, 2.45) is 5.73 Å². The summed E-state index contributed by atoms with van der Waals surface area (Å²) < 4.78 is 6.82. The van der Waals surface area contributed by atoms with Crippen LogP contribution in [0.1, 0.15) is 5.69 Å². The van der Waals surface area contributed by atoms with Gasteiger partial charge in [0.15, 0.2) is 0 Å². The van der Waals surface area contributed by atoms with E-state index in [1.54, 1.807) is 0 Å². The van der Waals surface area contributed by atoms with Gasteiger partial charge in [-0.1, -0.05) is 18.2 Å². The maximum atomic E-state index is 6.82. The molecule has 2 rings (SSSR count). The third-order valence-electron chi connectivity index (χ3n) is 1.98. The number of nitrogens with one attached hydrogen (secondary N) is 1. The number of rotatable bonds is 3. The van der Waals surface area contributed by atoms with Gasteiger partial charge in [-0.2, -0.15) is 0 Å². The molecule has 3 N–H and O–H groups in total. The first-order valence-electron chi connectivity index (χ1n) is 4.61. The van der Waals surface area contributed by atoms with Crippen molar-refractivity contribution in [2.45, 2.75) is 6.42 Å². The number of aromatic nitrogens is 1. The van der Waals surface area contributed by atoms with Crippen LogP contribution in [0.2, 0.25) is 1.41 Å². The summed E-state index contributed by atoms with van der Waals surface area (Å²) in [5.74, 6) is 0. The second-order valence-electron chi connectivity index (χ2n) is 2.88. The molecule has 0 radical (unpaired) electrons. The zero-order valence-corrected chi connectivity index (χ0v) is 6.80. The van der Waals surface area contributed by atoms with Crippen LogP contribution >= 0.6 is 0 Å². The SMILES string of the molecule is [2H]NCCc1cc2ccccc2[nH]1. The Morgan fingerprint density at radius 3 is 3.17 bits per heavy atom. The predicted molar refractivity (Wildman–Crippen MR) is 51.1 cm³/mol. The summed E-state index contributed by atoms with van der Waals surface area (Å²) in [6.45, 7) is 0.687. The Balaban J connectivity index is 2.28. The smallest absolute Gasteiger partial charge is 0.118 e. The molecule has 2 nitrogen and oxygen atoms in total. The average Bonchev–Trinajstić information content (AvgIpc) is 2.57. The van der Waals surface area contributed by atoms with Gasteiger partial charge in [0.2, 0.25) is 0 Å². The maximum absolute atomic E-state index is 6.82. The van der Waals surface area contributed by atoms with Gasteiger partial charge in [0, 0.05) is 11.2 Å². The lowest BCUT2D eigenvalue weighted by Gasteiger charge is -1.89. The minimum absolute atomic E-state index is 0.687. The summed E-state index contributed by atoms with van der Waals surface area (Å²) in [4.78, 5) is 3.31. The molecule has 2 heteroatoms. The molecule has 1 heterocycles. The highest BCUT2D eigenvalue weighted by Crippen LogP contribution is 2.14. The first kappa shape index (κ1) is 6.26. The molecule has 0 atom stereocenters. The fourth-order valence-electron chi connectivity index (χ4n) is 1.40. The van der Waals surface area contributed by atoms with Crippen LogP contribution in [0.4, 0.5) is 0 Å². The highest BCUT2D eigenvalue weighted by molar-refractivity contribution is 5.80. The van der Waals surface area contributed by atoms with Gasteiger partial charge in [0.05, 0.1) is 0 Å². The molecule has 0 saturated heterocycles. The van der Waals surface area contributed by atoms with Crippen LogP contribution in [-0.2, 0) is 6.42 Å². The molecule has 2 aromatic rings. The van der Waals surface area contributed by atoms with E-state index in [9.17, 15) is 0 Å². The molecule has 0 aliphatic heterocycles. The van der Waals surface area contributed by atoms with Crippen molar-refractivity contribution in [1.82, 2.24) is 4.98 Å². The Hall–Kier alpha value is -1.28. The maximum Gasteiger partial charge on any atom is 0.118 e. The van der Waals surface area contributed by atoms with Crippen LogP contribution in [0.15, 0.2) is 30.3 Å². The Morgan fingerprint density at radius 1 is 1.42 bits per heavy atom. The summed E-state index contributed by atoms with van der Waals surface area (Å²) in [7, 11) is 0. The van der Waals surface area contributed by atoms with Crippen molar-refractivity contribution in [3.05, 3.63) is 36.0 Å². The van der Waals surface area contributed by atoms with Crippen LogP contribution in [0.5, 0.6) is 0 Å². The van der Waals surface area contributed by atoms with E-state index in [0.29, 0.717) is 6.54 Å². The fourth-order valence-corrected chi connectivity index (χ4v) is 1.40. The van der Waals surface area contributed by atoms with Crippen LogP contribution in [0.25, 0.3) is 10.9 Å². The highest BCUT2D eigenvalue weighted by atomic mass is 14.7. The van der Waals surface area contributed by atoms with Gasteiger partial charge in [-0.15, -0.1) is 0 Å². The van der Waals surface area contributed by atoms with E-state index in [1.807, 2.05) is 12.1 Å². The van der Waals surface area contributed by atoms with Gasteiger partial charge in [-0.25, -0.2) is 0 Å². The van der Waals surface area contributed by atoms with E-state index in [-0.39, 0.29) is 0 Å². The van der Waals surface area contributed by atoms with E-state index in [1.165, 1.54) is 16.6 Å². The van der Waals surface area contributed by atoms with Crippen molar-refractivity contribution in [2.75, 3.05) is 6.54 Å². The Morgan fingerprint density at radius 2 is 2.33 bits per heavy atom. The molecule has 0 unspecified atom stereocenters. The fraction of sp³-hybridized carbons (Fsp3) is 0.200. The van der Waals surface area contributed by atoms with Gasteiger partial charge in [-0.05, 0) is 30.5 Å². The lowest BCUT2D eigenvalue weighted by Crippen LogP contribution is -2.02. The van der Waals surface area contributed by atoms with Gasteiger partial charge < -0.3 is 10.7 Å². The molecule has 0 bridgehead atoms. The van der Waals surface area contributed by atoms with E-state index in [2.05, 4.69) is 28.9 Å². The Labute approximate surface area is 72.9 Å². The van der Waals surface area contributed by atoms with Crippen molar-refractivity contribution < 1.29 is 1.41 Å². The number of aromatic amines is 1. The topological polar surface area (TPSA) is 41.8 Å². The molecule has 1 aromatic carbocycles. The molecule has 0 amide bonds. The van der Waals surface area contributed by atoms with Gasteiger partial charge >= 0.3 is 0 Å². The zero-order valence-electron chi connectivity index (χ0n) is 7.80. The first-order chi connectivity index (χ1) is 6.40. The van der Waals surface area contributed by atoms with Crippen LogP contribution in [0.3, 0.4) is 0 Å². The zero-order chi connectivity index (χ0) is 9.10. The van der Waals surface area contributed by atoms with E-state index < -0.39 is 0 Å².